The highest BCUT2D eigenvalue weighted by Crippen LogP contribution is 2.36. The van der Waals surface area contributed by atoms with E-state index in [4.69, 9.17) is 5.11 Å². The number of urea groups is 1. The third-order valence-corrected chi connectivity index (χ3v) is 7.34. The first-order valence-corrected chi connectivity index (χ1v) is 14.0. The average molecular weight is 636 g/mol. The van der Waals surface area contributed by atoms with E-state index < -0.39 is 42.1 Å². The zero-order valence-electron chi connectivity index (χ0n) is 24.3. The Kier molecular flexibility index (Phi) is 11.8. The van der Waals surface area contributed by atoms with Crippen molar-refractivity contribution in [3.05, 3.63) is 70.5 Å². The summed E-state index contributed by atoms with van der Waals surface area (Å²) in [4.78, 5) is 26.2. The number of carboxylic acid groups (broad SMARTS) is 1. The molecule has 244 valence electrons. The van der Waals surface area contributed by atoms with Crippen molar-refractivity contribution in [1.29, 1.82) is 0 Å². The Balaban J connectivity index is 0.000000572. The van der Waals surface area contributed by atoms with Crippen LogP contribution in [0.15, 0.2) is 42.5 Å². The van der Waals surface area contributed by atoms with Gasteiger partial charge in [-0.05, 0) is 74.1 Å². The molecule has 44 heavy (non-hydrogen) atoms. The molecular weight excluding hydrogens is 599 g/mol. The molecule has 0 aromatic heterocycles. The lowest BCUT2D eigenvalue weighted by Crippen LogP contribution is -2.58. The highest BCUT2D eigenvalue weighted by atomic mass is 19.4. The minimum atomic E-state index is -4.95. The Morgan fingerprint density at radius 1 is 0.886 bits per heavy atom. The van der Waals surface area contributed by atoms with Gasteiger partial charge in [-0.25, -0.2) is 19.0 Å². The van der Waals surface area contributed by atoms with Gasteiger partial charge in [-0.15, -0.1) is 0 Å². The Labute approximate surface area is 250 Å². The minimum absolute atomic E-state index is 0.0606. The van der Waals surface area contributed by atoms with Crippen LogP contribution >= 0.6 is 0 Å². The Bertz CT molecular complexity index is 1210. The second kappa shape index (κ2) is 14.9. The van der Waals surface area contributed by atoms with Gasteiger partial charge in [-0.2, -0.15) is 26.3 Å². The van der Waals surface area contributed by atoms with Gasteiger partial charge in [0.2, 0.25) is 0 Å². The number of hydrazine groups is 1. The number of hydrogen-bond donors (Lipinski definition) is 3. The van der Waals surface area contributed by atoms with Crippen molar-refractivity contribution in [2.75, 3.05) is 33.2 Å². The van der Waals surface area contributed by atoms with Gasteiger partial charge in [0.25, 0.3) is 0 Å². The molecule has 15 heteroatoms. The molecule has 8 nitrogen and oxygen atoms in total. The average Bonchev–Trinajstić information content (AvgIpc) is 2.93. The highest BCUT2D eigenvalue weighted by Gasteiger charge is 2.37. The first kappa shape index (κ1) is 34.9. The first-order chi connectivity index (χ1) is 20.5. The SMILES string of the molecule is CN(Cc1cc(C(F)(F)F)cc(C(F)(F)F)c1)C(=O)N1CCN(NC2CCC(NC(=O)O)CC2)CC1.Cc1cccc(F)c1. The van der Waals surface area contributed by atoms with Crippen LogP contribution in [0.4, 0.5) is 40.3 Å². The summed E-state index contributed by atoms with van der Waals surface area (Å²) in [6, 6.07) is 7.46. The third kappa shape index (κ3) is 10.8. The van der Waals surface area contributed by atoms with Crippen LogP contribution in [-0.2, 0) is 18.9 Å². The smallest absolute Gasteiger partial charge is 0.416 e. The summed E-state index contributed by atoms with van der Waals surface area (Å²) in [7, 11) is 1.34. The molecule has 1 aliphatic carbocycles. The molecule has 0 bridgehead atoms. The molecule has 2 aliphatic rings. The summed E-state index contributed by atoms with van der Waals surface area (Å²) < 4.78 is 90.8. The van der Waals surface area contributed by atoms with Crippen LogP contribution in [0.2, 0.25) is 0 Å². The van der Waals surface area contributed by atoms with Crippen LogP contribution < -0.4 is 10.7 Å². The van der Waals surface area contributed by atoms with Crippen LogP contribution in [0.3, 0.4) is 0 Å². The fraction of sp³-hybridized carbons (Fsp3) is 0.517. The molecule has 4 rings (SSSR count). The number of benzene rings is 2. The maximum atomic E-state index is 13.1. The number of nitrogens with zero attached hydrogens (tertiary/aromatic N) is 3. The molecule has 0 radical (unpaired) electrons. The Hall–Kier alpha value is -3.59. The van der Waals surface area contributed by atoms with Crippen molar-refractivity contribution in [1.82, 2.24) is 25.6 Å². The predicted molar refractivity (Wildman–Crippen MR) is 148 cm³/mol. The number of piperazine rings is 1. The third-order valence-electron chi connectivity index (χ3n) is 7.34. The molecule has 1 saturated carbocycles. The highest BCUT2D eigenvalue weighted by molar-refractivity contribution is 5.74. The van der Waals surface area contributed by atoms with Gasteiger partial charge in [0, 0.05) is 51.9 Å². The van der Waals surface area contributed by atoms with E-state index in [0.29, 0.717) is 38.3 Å². The zero-order valence-corrected chi connectivity index (χ0v) is 24.3. The number of amides is 3. The number of nitrogens with one attached hydrogen (secondary N) is 2. The Morgan fingerprint density at radius 2 is 1.43 bits per heavy atom. The largest absolute Gasteiger partial charge is 0.465 e. The molecule has 3 amide bonds. The molecule has 1 heterocycles. The molecule has 0 atom stereocenters. The Morgan fingerprint density at radius 3 is 1.89 bits per heavy atom. The maximum Gasteiger partial charge on any atom is 0.416 e. The van der Waals surface area contributed by atoms with Crippen molar-refractivity contribution in [3.63, 3.8) is 0 Å². The van der Waals surface area contributed by atoms with Crippen molar-refractivity contribution in [2.45, 2.75) is 63.6 Å². The fourth-order valence-corrected chi connectivity index (χ4v) is 5.13. The number of hydrogen-bond acceptors (Lipinski definition) is 4. The number of carbonyl (C=O) groups is 2. The quantitative estimate of drug-likeness (QED) is 0.345. The number of alkyl halides is 6. The molecule has 1 saturated heterocycles. The summed E-state index contributed by atoms with van der Waals surface area (Å²) in [5.41, 5.74) is 1.26. The van der Waals surface area contributed by atoms with E-state index in [-0.39, 0.29) is 29.5 Å². The van der Waals surface area contributed by atoms with E-state index in [1.807, 2.05) is 18.0 Å². The van der Waals surface area contributed by atoms with Crippen molar-refractivity contribution < 1.29 is 45.4 Å². The summed E-state index contributed by atoms with van der Waals surface area (Å²) in [5.74, 6) is -0.162. The number of halogens is 7. The molecule has 0 spiro atoms. The van der Waals surface area contributed by atoms with Gasteiger partial charge in [0.1, 0.15) is 5.82 Å². The lowest BCUT2D eigenvalue weighted by Gasteiger charge is -2.39. The van der Waals surface area contributed by atoms with E-state index in [1.165, 1.54) is 24.1 Å². The molecule has 2 aromatic rings. The minimum Gasteiger partial charge on any atom is -0.465 e. The van der Waals surface area contributed by atoms with Crippen LogP contribution in [-0.4, -0.2) is 77.3 Å². The maximum absolute atomic E-state index is 13.1. The van der Waals surface area contributed by atoms with Crippen LogP contribution in [0.5, 0.6) is 0 Å². The normalized spacial score (nSPS) is 19.5. The first-order valence-electron chi connectivity index (χ1n) is 14.0. The van der Waals surface area contributed by atoms with Crippen LogP contribution in [0.25, 0.3) is 0 Å². The molecule has 0 unspecified atom stereocenters. The fourth-order valence-electron chi connectivity index (χ4n) is 5.13. The van der Waals surface area contributed by atoms with Crippen LogP contribution in [0, 0.1) is 12.7 Å². The van der Waals surface area contributed by atoms with Crippen LogP contribution in [0.1, 0.15) is 47.9 Å². The van der Waals surface area contributed by atoms with E-state index in [9.17, 15) is 40.3 Å². The van der Waals surface area contributed by atoms with Crippen molar-refractivity contribution in [2.24, 2.45) is 0 Å². The van der Waals surface area contributed by atoms with Gasteiger partial charge in [-0.3, -0.25) is 5.43 Å². The number of aryl methyl sites for hydroxylation is 1. The standard InChI is InChI=1S/C22H29F6N5O3.C7H7F/c1-31(13-14-10-15(21(23,24)25)12-16(11-14)22(26,27)28)20(36)32-6-8-33(9-7-32)30-18-4-2-17(3-5-18)29-19(34)35;1-6-3-2-4-7(8)5-6/h10-12,17-18,29-30H,2-9,13H2,1H3,(H,34,35);2-5H,1H3. The van der Waals surface area contributed by atoms with Gasteiger partial charge in [0.15, 0.2) is 0 Å². The van der Waals surface area contributed by atoms with Gasteiger partial charge >= 0.3 is 24.5 Å². The van der Waals surface area contributed by atoms with E-state index in [1.54, 1.807) is 6.07 Å². The van der Waals surface area contributed by atoms with E-state index in [2.05, 4.69) is 10.7 Å². The van der Waals surface area contributed by atoms with Gasteiger partial charge in [0.05, 0.1) is 11.1 Å². The van der Waals surface area contributed by atoms with Crippen molar-refractivity contribution >= 4 is 12.1 Å². The summed E-state index contributed by atoms with van der Waals surface area (Å²) >= 11 is 0. The van der Waals surface area contributed by atoms with Gasteiger partial charge < -0.3 is 20.2 Å². The topological polar surface area (TPSA) is 88.2 Å². The molecule has 2 fully saturated rings. The molecule has 2 aromatic carbocycles. The molecular formula is C29H36F7N5O3. The van der Waals surface area contributed by atoms with Crippen molar-refractivity contribution in [3.8, 4) is 0 Å². The number of carbonyl (C=O) groups excluding carboxylic acids is 1. The van der Waals surface area contributed by atoms with E-state index >= 15 is 0 Å². The second-order valence-electron chi connectivity index (χ2n) is 11.0. The lowest BCUT2D eigenvalue weighted by atomic mass is 9.91. The zero-order chi connectivity index (χ0) is 32.7. The van der Waals surface area contributed by atoms with E-state index in [0.717, 1.165) is 36.1 Å². The summed E-state index contributed by atoms with van der Waals surface area (Å²) in [6.07, 6.45) is -7.90. The summed E-state index contributed by atoms with van der Waals surface area (Å²) in [5, 5.41) is 13.3. The lowest BCUT2D eigenvalue weighted by molar-refractivity contribution is -0.143. The monoisotopic (exact) mass is 635 g/mol. The second-order valence-corrected chi connectivity index (χ2v) is 11.0. The number of rotatable bonds is 5. The molecule has 3 N–H and O–H groups in total. The summed E-state index contributed by atoms with van der Waals surface area (Å²) in [6.45, 7) is 3.12. The predicted octanol–water partition coefficient (Wildman–Crippen LogP) is 6.11. The molecule has 1 aliphatic heterocycles. The van der Waals surface area contributed by atoms with Gasteiger partial charge in [-0.1, -0.05) is 12.1 Å².